The van der Waals surface area contributed by atoms with Crippen LogP contribution in [-0.4, -0.2) is 31.7 Å². The Hall–Kier alpha value is -0.0900. The lowest BCUT2D eigenvalue weighted by Crippen LogP contribution is -3.00. The van der Waals surface area contributed by atoms with E-state index in [-0.39, 0.29) is 24.0 Å². The highest BCUT2D eigenvalue weighted by molar-refractivity contribution is 5.19. The molecule has 1 aliphatic rings. The minimum atomic E-state index is 0. The zero-order chi connectivity index (χ0) is 16.0. The van der Waals surface area contributed by atoms with Gasteiger partial charge in [-0.1, -0.05) is 50.6 Å². The van der Waals surface area contributed by atoms with Crippen LogP contribution in [0.15, 0.2) is 30.3 Å². The number of nitrogens with zero attached hydrogens (tertiary/aromatic N) is 1. The van der Waals surface area contributed by atoms with Crippen LogP contribution in [0.1, 0.15) is 63.9 Å². The van der Waals surface area contributed by atoms with Crippen molar-refractivity contribution >= 4 is 0 Å². The largest absolute Gasteiger partial charge is 1.00 e. The second-order valence-electron chi connectivity index (χ2n) is 8.49. The van der Waals surface area contributed by atoms with Gasteiger partial charge in [0.2, 0.25) is 0 Å². The predicted molar refractivity (Wildman–Crippen MR) is 97.1 cm³/mol. The molecule has 1 fully saturated rings. The highest BCUT2D eigenvalue weighted by atomic mass is 127. The standard InChI is InChI=1S/C21H36N.HI/c1-18(2)17-21(20-10-6-5-7-11-20)12-8-9-19-13-15-22(3,4)16-14-19;/h5-7,10-11,18-19,21H,8-9,12-17H2,1-4H3;1H/q+1;/p-1. The number of hydrogen-bond donors (Lipinski definition) is 0. The summed E-state index contributed by atoms with van der Waals surface area (Å²) in [5.41, 5.74) is 1.55. The van der Waals surface area contributed by atoms with Gasteiger partial charge in [-0.25, -0.2) is 0 Å². The first-order valence-electron chi connectivity index (χ1n) is 9.33. The number of benzene rings is 1. The van der Waals surface area contributed by atoms with Crippen molar-refractivity contribution in [3.63, 3.8) is 0 Å². The van der Waals surface area contributed by atoms with Crippen LogP contribution in [0.3, 0.4) is 0 Å². The molecule has 1 atom stereocenters. The van der Waals surface area contributed by atoms with Crippen LogP contribution in [0, 0.1) is 11.8 Å². The van der Waals surface area contributed by atoms with Crippen molar-refractivity contribution in [1.29, 1.82) is 0 Å². The Morgan fingerprint density at radius 2 is 1.65 bits per heavy atom. The fourth-order valence-electron chi connectivity index (χ4n) is 3.98. The summed E-state index contributed by atoms with van der Waals surface area (Å²) in [4.78, 5) is 0. The second-order valence-corrected chi connectivity index (χ2v) is 8.49. The third-order valence-electron chi connectivity index (χ3n) is 5.48. The molecule has 23 heavy (non-hydrogen) atoms. The molecule has 0 amide bonds. The van der Waals surface area contributed by atoms with E-state index in [0.717, 1.165) is 17.8 Å². The van der Waals surface area contributed by atoms with Gasteiger partial charge in [-0.05, 0) is 55.4 Å². The van der Waals surface area contributed by atoms with Gasteiger partial charge in [0.05, 0.1) is 27.2 Å². The number of quaternary nitrogens is 1. The first-order chi connectivity index (χ1) is 10.5. The molecule has 2 heteroatoms. The van der Waals surface area contributed by atoms with Gasteiger partial charge in [0.15, 0.2) is 0 Å². The third-order valence-corrected chi connectivity index (χ3v) is 5.48. The molecule has 0 saturated carbocycles. The number of piperidine rings is 1. The zero-order valence-corrected chi connectivity index (χ0v) is 17.8. The normalized spacial score (nSPS) is 19.3. The van der Waals surface area contributed by atoms with Crippen molar-refractivity contribution in [1.82, 2.24) is 0 Å². The average Bonchev–Trinajstić information content (AvgIpc) is 2.48. The van der Waals surface area contributed by atoms with Crippen molar-refractivity contribution in [3.8, 4) is 0 Å². The van der Waals surface area contributed by atoms with E-state index >= 15 is 0 Å². The number of halogens is 1. The molecule has 1 aromatic carbocycles. The Morgan fingerprint density at radius 3 is 2.22 bits per heavy atom. The zero-order valence-electron chi connectivity index (χ0n) is 15.6. The molecule has 0 aliphatic carbocycles. The monoisotopic (exact) mass is 429 g/mol. The van der Waals surface area contributed by atoms with Crippen LogP contribution >= 0.6 is 0 Å². The average molecular weight is 429 g/mol. The van der Waals surface area contributed by atoms with Crippen LogP contribution in [0.4, 0.5) is 0 Å². The summed E-state index contributed by atoms with van der Waals surface area (Å²) < 4.78 is 1.23. The maximum absolute atomic E-state index is 2.38. The van der Waals surface area contributed by atoms with Crippen LogP contribution in [0.2, 0.25) is 0 Å². The van der Waals surface area contributed by atoms with E-state index in [1.54, 1.807) is 5.56 Å². The molecule has 1 nitrogen and oxygen atoms in total. The SMILES string of the molecule is CC(C)CC(CCCC1CC[N+](C)(C)CC1)c1ccccc1.[I-]. The molecular formula is C21H36IN. The van der Waals surface area contributed by atoms with Gasteiger partial charge in [-0.2, -0.15) is 0 Å². The highest BCUT2D eigenvalue weighted by Crippen LogP contribution is 2.31. The molecule has 0 radical (unpaired) electrons. The van der Waals surface area contributed by atoms with E-state index < -0.39 is 0 Å². The summed E-state index contributed by atoms with van der Waals surface area (Å²) in [6, 6.07) is 11.2. The van der Waals surface area contributed by atoms with Gasteiger partial charge in [0, 0.05) is 0 Å². The highest BCUT2D eigenvalue weighted by Gasteiger charge is 2.25. The molecule has 2 rings (SSSR count). The molecule has 1 aliphatic heterocycles. The summed E-state index contributed by atoms with van der Waals surface area (Å²) in [5.74, 6) is 2.54. The summed E-state index contributed by atoms with van der Waals surface area (Å²) >= 11 is 0. The van der Waals surface area contributed by atoms with Crippen molar-refractivity contribution in [2.75, 3.05) is 27.2 Å². The lowest BCUT2D eigenvalue weighted by Gasteiger charge is -2.37. The molecule has 0 spiro atoms. The summed E-state index contributed by atoms with van der Waals surface area (Å²) in [6.45, 7) is 7.46. The molecular weight excluding hydrogens is 393 g/mol. The topological polar surface area (TPSA) is 0 Å². The molecule has 1 aromatic rings. The number of likely N-dealkylation sites (tertiary alicyclic amines) is 1. The summed E-state index contributed by atoms with van der Waals surface area (Å²) in [5, 5.41) is 0. The summed E-state index contributed by atoms with van der Waals surface area (Å²) in [6.07, 6.45) is 8.43. The van der Waals surface area contributed by atoms with E-state index in [4.69, 9.17) is 0 Å². The van der Waals surface area contributed by atoms with Gasteiger partial charge in [0.25, 0.3) is 0 Å². The molecule has 0 aromatic heterocycles. The van der Waals surface area contributed by atoms with Crippen molar-refractivity contribution in [2.24, 2.45) is 11.8 Å². The van der Waals surface area contributed by atoms with Gasteiger partial charge >= 0.3 is 0 Å². The Labute approximate surface area is 161 Å². The molecule has 1 heterocycles. The van der Waals surface area contributed by atoms with Gasteiger partial charge in [-0.3, -0.25) is 0 Å². The lowest BCUT2D eigenvalue weighted by molar-refractivity contribution is -0.896. The van der Waals surface area contributed by atoms with E-state index in [1.807, 2.05) is 0 Å². The second kappa shape index (κ2) is 10.0. The third kappa shape index (κ3) is 7.55. The molecule has 0 bridgehead atoms. The first-order valence-corrected chi connectivity index (χ1v) is 9.33. The van der Waals surface area contributed by atoms with Gasteiger partial charge < -0.3 is 28.5 Å². The van der Waals surface area contributed by atoms with Gasteiger partial charge in [0.1, 0.15) is 0 Å². The minimum Gasteiger partial charge on any atom is -1.00 e. The predicted octanol–water partition coefficient (Wildman–Crippen LogP) is 2.48. The fraction of sp³-hybridized carbons (Fsp3) is 0.714. The Kier molecular flexibility index (Phi) is 9.13. The molecule has 132 valence electrons. The quantitative estimate of drug-likeness (QED) is 0.462. The maximum Gasteiger partial charge on any atom is 0.0785 e. The van der Waals surface area contributed by atoms with E-state index in [1.165, 1.54) is 56.1 Å². The van der Waals surface area contributed by atoms with Crippen LogP contribution in [0.25, 0.3) is 0 Å². The number of rotatable bonds is 7. The van der Waals surface area contributed by atoms with E-state index in [0.29, 0.717) is 0 Å². The fourth-order valence-corrected chi connectivity index (χ4v) is 3.98. The van der Waals surface area contributed by atoms with E-state index in [2.05, 4.69) is 58.3 Å². The first kappa shape index (κ1) is 21.0. The van der Waals surface area contributed by atoms with Crippen LogP contribution in [0.5, 0.6) is 0 Å². The van der Waals surface area contributed by atoms with Crippen LogP contribution < -0.4 is 24.0 Å². The van der Waals surface area contributed by atoms with E-state index in [9.17, 15) is 0 Å². The van der Waals surface area contributed by atoms with Gasteiger partial charge in [-0.15, -0.1) is 0 Å². The van der Waals surface area contributed by atoms with Crippen molar-refractivity contribution in [3.05, 3.63) is 35.9 Å². The smallest absolute Gasteiger partial charge is 0.0785 e. The van der Waals surface area contributed by atoms with Crippen molar-refractivity contribution < 1.29 is 28.5 Å². The Morgan fingerprint density at radius 1 is 1.04 bits per heavy atom. The van der Waals surface area contributed by atoms with Crippen molar-refractivity contribution in [2.45, 2.75) is 58.3 Å². The lowest BCUT2D eigenvalue weighted by atomic mass is 9.84. The Bertz CT molecular complexity index is 417. The Balaban J connectivity index is 0.00000264. The summed E-state index contributed by atoms with van der Waals surface area (Å²) in [7, 11) is 4.76. The molecule has 0 N–H and O–H groups in total. The maximum atomic E-state index is 2.38. The van der Waals surface area contributed by atoms with Crippen LogP contribution in [-0.2, 0) is 0 Å². The molecule has 1 unspecified atom stereocenters. The molecule has 1 saturated heterocycles. The number of hydrogen-bond acceptors (Lipinski definition) is 0. The minimum absolute atomic E-state index is 0.